The van der Waals surface area contributed by atoms with Crippen LogP contribution in [-0.2, 0) is 0 Å². The van der Waals surface area contributed by atoms with Gasteiger partial charge in [-0.2, -0.15) is 5.10 Å². The quantitative estimate of drug-likeness (QED) is 0.577. The minimum Gasteiger partial charge on any atom is -0.267 e. The Morgan fingerprint density at radius 2 is 1.83 bits per heavy atom. The number of hydrogen-bond donors (Lipinski definition) is 1. The van der Waals surface area contributed by atoms with Gasteiger partial charge >= 0.3 is 0 Å². The van der Waals surface area contributed by atoms with Crippen molar-refractivity contribution in [3.63, 3.8) is 0 Å². The summed E-state index contributed by atoms with van der Waals surface area (Å²) in [5, 5.41) is 15.0. The standard InChI is InChI=1S/C15H13N7O/c1-11(12-6-8-16-9-7-12)18-19-15(23)13-2-4-14(5-3-13)22-10-17-20-21-22/h2-10H,1H3,(H,19,23). The molecule has 0 spiro atoms. The average molecular weight is 307 g/mol. The summed E-state index contributed by atoms with van der Waals surface area (Å²) in [6.07, 6.45) is 4.83. The van der Waals surface area contributed by atoms with Gasteiger partial charge in [0.25, 0.3) is 5.91 Å². The van der Waals surface area contributed by atoms with Crippen molar-refractivity contribution >= 4 is 11.6 Å². The molecule has 0 aliphatic heterocycles. The van der Waals surface area contributed by atoms with E-state index in [-0.39, 0.29) is 5.91 Å². The second-order valence-electron chi connectivity index (χ2n) is 4.68. The number of carbonyl (C=O) groups is 1. The zero-order valence-electron chi connectivity index (χ0n) is 12.3. The van der Waals surface area contributed by atoms with Gasteiger partial charge in [-0.1, -0.05) is 0 Å². The number of hydrogen-bond acceptors (Lipinski definition) is 6. The number of carbonyl (C=O) groups excluding carboxylic acids is 1. The summed E-state index contributed by atoms with van der Waals surface area (Å²) in [6, 6.07) is 10.5. The fraction of sp³-hybridized carbons (Fsp3) is 0.0667. The Hall–Kier alpha value is -3.42. The Kier molecular flexibility index (Phi) is 4.14. The SMILES string of the molecule is CC(=NNC(=O)c1ccc(-n2cnnn2)cc1)c1ccncc1. The number of benzene rings is 1. The maximum Gasteiger partial charge on any atom is 0.271 e. The smallest absolute Gasteiger partial charge is 0.267 e. The molecule has 0 atom stereocenters. The van der Waals surface area contributed by atoms with E-state index >= 15 is 0 Å². The molecular weight excluding hydrogens is 294 g/mol. The van der Waals surface area contributed by atoms with Crippen LogP contribution in [0, 0.1) is 0 Å². The molecule has 0 aliphatic rings. The molecule has 114 valence electrons. The van der Waals surface area contributed by atoms with Gasteiger partial charge in [-0.15, -0.1) is 5.10 Å². The molecule has 1 N–H and O–H groups in total. The second kappa shape index (κ2) is 6.56. The van der Waals surface area contributed by atoms with Crippen LogP contribution in [-0.4, -0.2) is 36.8 Å². The van der Waals surface area contributed by atoms with Crippen molar-refractivity contribution in [2.75, 3.05) is 0 Å². The molecule has 0 fully saturated rings. The number of nitrogens with zero attached hydrogens (tertiary/aromatic N) is 6. The minimum absolute atomic E-state index is 0.290. The lowest BCUT2D eigenvalue weighted by Gasteiger charge is -2.04. The van der Waals surface area contributed by atoms with E-state index in [0.29, 0.717) is 11.3 Å². The van der Waals surface area contributed by atoms with Crippen LogP contribution in [0.15, 0.2) is 60.2 Å². The first-order chi connectivity index (χ1) is 11.2. The average Bonchev–Trinajstić information content (AvgIpc) is 3.15. The van der Waals surface area contributed by atoms with Gasteiger partial charge in [0.1, 0.15) is 6.33 Å². The molecule has 2 heterocycles. The first-order valence-corrected chi connectivity index (χ1v) is 6.82. The summed E-state index contributed by atoms with van der Waals surface area (Å²) in [5.41, 5.74) is 5.39. The third kappa shape index (κ3) is 3.43. The molecule has 3 aromatic rings. The molecule has 23 heavy (non-hydrogen) atoms. The molecule has 8 nitrogen and oxygen atoms in total. The predicted molar refractivity (Wildman–Crippen MR) is 83.1 cm³/mol. The number of nitrogens with one attached hydrogen (secondary N) is 1. The molecule has 0 radical (unpaired) electrons. The van der Waals surface area contributed by atoms with Crippen molar-refractivity contribution in [2.45, 2.75) is 6.92 Å². The maximum atomic E-state index is 12.1. The lowest BCUT2D eigenvalue weighted by molar-refractivity contribution is 0.0955. The van der Waals surface area contributed by atoms with E-state index in [2.05, 4.69) is 31.0 Å². The number of amides is 1. The highest BCUT2D eigenvalue weighted by Crippen LogP contribution is 2.07. The Morgan fingerprint density at radius 3 is 2.48 bits per heavy atom. The third-order valence-corrected chi connectivity index (χ3v) is 3.17. The normalized spacial score (nSPS) is 11.3. The van der Waals surface area contributed by atoms with Gasteiger partial charge in [0.05, 0.1) is 11.4 Å². The van der Waals surface area contributed by atoms with Crippen LogP contribution in [0.5, 0.6) is 0 Å². The molecule has 1 aromatic carbocycles. The summed E-state index contributed by atoms with van der Waals surface area (Å²) in [7, 11) is 0. The van der Waals surface area contributed by atoms with Crippen LogP contribution >= 0.6 is 0 Å². The number of rotatable bonds is 4. The molecule has 8 heteroatoms. The Balaban J connectivity index is 1.69. The van der Waals surface area contributed by atoms with Crippen LogP contribution in [0.3, 0.4) is 0 Å². The third-order valence-electron chi connectivity index (χ3n) is 3.17. The van der Waals surface area contributed by atoms with Crippen LogP contribution in [0.25, 0.3) is 5.69 Å². The first kappa shape index (κ1) is 14.5. The summed E-state index contributed by atoms with van der Waals surface area (Å²) >= 11 is 0. The highest BCUT2D eigenvalue weighted by atomic mass is 16.2. The number of hydrazone groups is 1. The van der Waals surface area contributed by atoms with Crippen LogP contribution < -0.4 is 5.43 Å². The fourth-order valence-electron chi connectivity index (χ4n) is 1.90. The van der Waals surface area contributed by atoms with E-state index in [9.17, 15) is 4.79 Å². The van der Waals surface area contributed by atoms with Crippen molar-refractivity contribution in [1.82, 2.24) is 30.6 Å². The van der Waals surface area contributed by atoms with Gasteiger partial charge < -0.3 is 0 Å². The molecule has 0 bridgehead atoms. The first-order valence-electron chi connectivity index (χ1n) is 6.82. The number of tetrazole rings is 1. The topological polar surface area (TPSA) is 98.0 Å². The van der Waals surface area contributed by atoms with Gasteiger partial charge in [0.2, 0.25) is 0 Å². The van der Waals surface area contributed by atoms with Crippen LogP contribution in [0.1, 0.15) is 22.8 Å². The molecule has 0 saturated heterocycles. The predicted octanol–water partition coefficient (Wildman–Crippen LogP) is 1.21. The van der Waals surface area contributed by atoms with Gasteiger partial charge in [-0.25, -0.2) is 10.1 Å². The lowest BCUT2D eigenvalue weighted by Crippen LogP contribution is -2.19. The van der Waals surface area contributed by atoms with Crippen molar-refractivity contribution in [3.8, 4) is 5.69 Å². The highest BCUT2D eigenvalue weighted by molar-refractivity contribution is 6.00. The van der Waals surface area contributed by atoms with Gasteiger partial charge in [-0.05, 0) is 53.7 Å². The number of pyridine rings is 1. The van der Waals surface area contributed by atoms with E-state index in [1.165, 1.54) is 11.0 Å². The lowest BCUT2D eigenvalue weighted by atomic mass is 10.2. The molecule has 0 aliphatic carbocycles. The summed E-state index contributed by atoms with van der Waals surface area (Å²) in [6.45, 7) is 1.82. The Labute approximate surface area is 131 Å². The Bertz CT molecular complexity index is 811. The van der Waals surface area contributed by atoms with E-state index in [1.54, 1.807) is 36.7 Å². The van der Waals surface area contributed by atoms with Crippen molar-refractivity contribution in [2.24, 2.45) is 5.10 Å². The van der Waals surface area contributed by atoms with Crippen molar-refractivity contribution in [1.29, 1.82) is 0 Å². The van der Waals surface area contributed by atoms with E-state index in [0.717, 1.165) is 11.3 Å². The minimum atomic E-state index is -0.290. The van der Waals surface area contributed by atoms with Crippen LogP contribution in [0.4, 0.5) is 0 Å². The monoisotopic (exact) mass is 307 g/mol. The van der Waals surface area contributed by atoms with Gasteiger partial charge in [0, 0.05) is 23.5 Å². The van der Waals surface area contributed by atoms with E-state index in [4.69, 9.17) is 0 Å². The van der Waals surface area contributed by atoms with Crippen molar-refractivity contribution < 1.29 is 4.79 Å². The van der Waals surface area contributed by atoms with E-state index < -0.39 is 0 Å². The maximum absolute atomic E-state index is 12.1. The highest BCUT2D eigenvalue weighted by Gasteiger charge is 2.06. The molecule has 2 aromatic heterocycles. The van der Waals surface area contributed by atoms with Crippen LogP contribution in [0.2, 0.25) is 0 Å². The van der Waals surface area contributed by atoms with Gasteiger partial charge in [-0.3, -0.25) is 9.78 Å². The summed E-state index contributed by atoms with van der Waals surface area (Å²) < 4.78 is 1.51. The summed E-state index contributed by atoms with van der Waals surface area (Å²) in [5.74, 6) is -0.290. The molecule has 1 amide bonds. The fourth-order valence-corrected chi connectivity index (χ4v) is 1.90. The van der Waals surface area contributed by atoms with Crippen molar-refractivity contribution in [3.05, 3.63) is 66.2 Å². The Morgan fingerprint density at radius 1 is 1.09 bits per heavy atom. The van der Waals surface area contributed by atoms with E-state index in [1.807, 2.05) is 19.1 Å². The molecule has 0 saturated carbocycles. The largest absolute Gasteiger partial charge is 0.271 e. The number of aromatic nitrogens is 5. The zero-order valence-corrected chi connectivity index (χ0v) is 12.3. The zero-order chi connectivity index (χ0) is 16.1. The summed E-state index contributed by atoms with van der Waals surface area (Å²) in [4.78, 5) is 16.0. The second-order valence-corrected chi connectivity index (χ2v) is 4.68. The molecule has 3 rings (SSSR count). The molecular formula is C15H13N7O. The molecule has 0 unspecified atom stereocenters. The van der Waals surface area contributed by atoms with Gasteiger partial charge in [0.15, 0.2) is 0 Å².